The van der Waals surface area contributed by atoms with Gasteiger partial charge in [0.15, 0.2) is 0 Å². The van der Waals surface area contributed by atoms with Crippen LogP contribution in [0.15, 0.2) is 24.5 Å². The van der Waals surface area contributed by atoms with E-state index in [0.717, 1.165) is 23.2 Å². The lowest BCUT2D eigenvalue weighted by atomic mass is 9.98. The highest BCUT2D eigenvalue weighted by molar-refractivity contribution is 5.77. The van der Waals surface area contributed by atoms with Crippen molar-refractivity contribution in [3.63, 3.8) is 0 Å². The number of carbonyl (C=O) groups is 1. The number of ether oxygens (including phenoxy) is 1. The normalized spacial score (nSPS) is 16.4. The summed E-state index contributed by atoms with van der Waals surface area (Å²) in [5, 5.41) is 15.0. The van der Waals surface area contributed by atoms with Gasteiger partial charge in [0, 0.05) is 18.8 Å². The lowest BCUT2D eigenvalue weighted by Crippen LogP contribution is -2.40. The molecule has 0 aliphatic carbocycles. The van der Waals surface area contributed by atoms with Gasteiger partial charge in [-0.3, -0.25) is 14.9 Å². The Kier molecular flexibility index (Phi) is 6.26. The van der Waals surface area contributed by atoms with Crippen molar-refractivity contribution in [2.24, 2.45) is 5.92 Å². The van der Waals surface area contributed by atoms with E-state index in [-0.39, 0.29) is 29.2 Å². The topological polar surface area (TPSA) is 110 Å². The minimum atomic E-state index is -0.478. The van der Waals surface area contributed by atoms with Gasteiger partial charge in [0.05, 0.1) is 17.4 Å². The van der Waals surface area contributed by atoms with E-state index in [1.807, 2.05) is 32.0 Å². The fraction of sp³-hybridized carbons (Fsp3) is 0.450. The molecule has 0 amide bonds. The molecule has 0 radical (unpaired) electrons. The van der Waals surface area contributed by atoms with E-state index in [4.69, 9.17) is 4.74 Å². The number of carbonyl (C=O) groups excluding carboxylic acids is 1. The lowest BCUT2D eigenvalue weighted by Gasteiger charge is -2.32. The minimum absolute atomic E-state index is 0.128. The highest BCUT2D eigenvalue weighted by Gasteiger charge is 2.33. The van der Waals surface area contributed by atoms with Gasteiger partial charge in [-0.1, -0.05) is 6.07 Å². The van der Waals surface area contributed by atoms with Crippen LogP contribution in [0.2, 0.25) is 0 Å². The number of hydrogen-bond donors (Lipinski definition) is 1. The number of nitrogens with zero attached hydrogens (tertiary/aromatic N) is 4. The van der Waals surface area contributed by atoms with Crippen LogP contribution in [0.1, 0.15) is 30.9 Å². The molecule has 9 nitrogen and oxygen atoms in total. The van der Waals surface area contributed by atoms with Crippen LogP contribution in [-0.2, 0) is 9.53 Å². The number of nitro groups is 1. The molecule has 1 aromatic carbocycles. The number of rotatable bonds is 6. The molecular formula is C20H25N5O4. The molecule has 1 aromatic heterocycles. The first-order valence-corrected chi connectivity index (χ1v) is 9.65. The molecule has 2 heterocycles. The minimum Gasteiger partial charge on any atom is -0.466 e. The van der Waals surface area contributed by atoms with Crippen LogP contribution in [0.4, 0.5) is 23.0 Å². The summed E-state index contributed by atoms with van der Waals surface area (Å²) in [6, 6.07) is 5.82. The van der Waals surface area contributed by atoms with Crippen LogP contribution < -0.4 is 10.2 Å². The Hall–Kier alpha value is -3.23. The maximum Gasteiger partial charge on any atom is 0.353 e. The van der Waals surface area contributed by atoms with Crippen molar-refractivity contribution in [2.75, 3.05) is 29.9 Å². The first kappa shape index (κ1) is 20.5. The van der Waals surface area contributed by atoms with Gasteiger partial charge in [0.2, 0.25) is 11.6 Å². The first-order valence-electron chi connectivity index (χ1n) is 9.65. The number of anilines is 3. The van der Waals surface area contributed by atoms with Crippen LogP contribution >= 0.6 is 0 Å². The Balaban J connectivity index is 1.92. The summed E-state index contributed by atoms with van der Waals surface area (Å²) in [7, 11) is 0. The average molecular weight is 399 g/mol. The standard InChI is InChI=1S/C20H25N5O4/c1-4-29-20(26)15-6-5-7-24(11-15)19-17(25(27)28)18(21-12-22-19)23-16-9-13(2)8-14(3)10-16/h8-10,12,15H,4-7,11H2,1-3H3,(H,21,22,23). The van der Waals surface area contributed by atoms with Gasteiger partial charge in [-0.15, -0.1) is 0 Å². The SMILES string of the molecule is CCOC(=O)C1CCCN(c2ncnc(Nc3cc(C)cc(C)c3)c2[N+](=O)[O-])C1. The zero-order valence-electron chi connectivity index (χ0n) is 16.8. The zero-order valence-corrected chi connectivity index (χ0v) is 16.8. The van der Waals surface area contributed by atoms with E-state index in [0.29, 0.717) is 26.1 Å². The van der Waals surface area contributed by atoms with Crippen molar-refractivity contribution in [2.45, 2.75) is 33.6 Å². The van der Waals surface area contributed by atoms with Crippen LogP contribution in [0.5, 0.6) is 0 Å². The molecular weight excluding hydrogens is 374 g/mol. The second kappa shape index (κ2) is 8.85. The molecule has 1 atom stereocenters. The zero-order chi connectivity index (χ0) is 21.0. The third kappa shape index (κ3) is 4.79. The van der Waals surface area contributed by atoms with Gasteiger partial charge in [0.25, 0.3) is 0 Å². The maximum absolute atomic E-state index is 12.1. The lowest BCUT2D eigenvalue weighted by molar-refractivity contribution is -0.383. The van der Waals surface area contributed by atoms with E-state index in [9.17, 15) is 14.9 Å². The molecule has 0 saturated carbocycles. The molecule has 1 saturated heterocycles. The van der Waals surface area contributed by atoms with E-state index >= 15 is 0 Å². The van der Waals surface area contributed by atoms with Gasteiger partial charge in [-0.2, -0.15) is 0 Å². The molecule has 1 fully saturated rings. The third-order valence-electron chi connectivity index (χ3n) is 4.81. The largest absolute Gasteiger partial charge is 0.466 e. The Bertz CT molecular complexity index is 897. The van der Waals surface area contributed by atoms with Crippen molar-refractivity contribution in [3.8, 4) is 0 Å². The monoisotopic (exact) mass is 399 g/mol. The second-order valence-corrected chi connectivity index (χ2v) is 7.19. The molecule has 0 spiro atoms. The molecule has 29 heavy (non-hydrogen) atoms. The van der Waals surface area contributed by atoms with Gasteiger partial charge < -0.3 is 15.0 Å². The average Bonchev–Trinajstić information content (AvgIpc) is 2.67. The molecule has 1 aliphatic rings. The molecule has 9 heteroatoms. The Morgan fingerprint density at radius 3 is 2.69 bits per heavy atom. The highest BCUT2D eigenvalue weighted by atomic mass is 16.6. The van der Waals surface area contributed by atoms with Gasteiger partial charge in [0.1, 0.15) is 6.33 Å². The number of piperidine rings is 1. The number of aryl methyl sites for hydroxylation is 2. The van der Waals surface area contributed by atoms with Crippen LogP contribution in [0.3, 0.4) is 0 Å². The summed E-state index contributed by atoms with van der Waals surface area (Å²) in [4.78, 5) is 33.6. The summed E-state index contributed by atoms with van der Waals surface area (Å²) in [6.07, 6.45) is 2.73. The summed E-state index contributed by atoms with van der Waals surface area (Å²) >= 11 is 0. The smallest absolute Gasteiger partial charge is 0.353 e. The molecule has 0 bridgehead atoms. The maximum atomic E-state index is 12.1. The second-order valence-electron chi connectivity index (χ2n) is 7.19. The molecule has 1 aliphatic heterocycles. The van der Waals surface area contributed by atoms with Gasteiger partial charge >= 0.3 is 11.7 Å². The predicted octanol–water partition coefficient (Wildman–Crippen LogP) is 3.52. The van der Waals surface area contributed by atoms with Gasteiger partial charge in [-0.05, 0) is 56.9 Å². The van der Waals surface area contributed by atoms with E-state index in [1.165, 1.54) is 6.33 Å². The van der Waals surface area contributed by atoms with Crippen LogP contribution in [0.25, 0.3) is 0 Å². The number of esters is 1. The van der Waals surface area contributed by atoms with Crippen LogP contribution in [-0.4, -0.2) is 40.6 Å². The Labute approximate surface area is 169 Å². The number of hydrogen-bond acceptors (Lipinski definition) is 8. The van der Waals surface area contributed by atoms with Crippen molar-refractivity contribution < 1.29 is 14.5 Å². The van der Waals surface area contributed by atoms with Crippen molar-refractivity contribution in [1.82, 2.24) is 9.97 Å². The summed E-state index contributed by atoms with van der Waals surface area (Å²) < 4.78 is 5.12. The molecule has 2 aromatic rings. The molecule has 1 N–H and O–H groups in total. The molecule has 154 valence electrons. The number of aromatic nitrogens is 2. The van der Waals surface area contributed by atoms with Gasteiger partial charge in [-0.25, -0.2) is 9.97 Å². The summed E-state index contributed by atoms with van der Waals surface area (Å²) in [5.41, 5.74) is 2.60. The fourth-order valence-corrected chi connectivity index (χ4v) is 3.67. The van der Waals surface area contributed by atoms with E-state index in [2.05, 4.69) is 15.3 Å². The summed E-state index contributed by atoms with van der Waals surface area (Å²) in [6.45, 7) is 6.91. The van der Waals surface area contributed by atoms with Crippen molar-refractivity contribution in [3.05, 3.63) is 45.8 Å². The van der Waals surface area contributed by atoms with Crippen molar-refractivity contribution >= 4 is 29.0 Å². The van der Waals surface area contributed by atoms with E-state index < -0.39 is 4.92 Å². The molecule has 1 unspecified atom stereocenters. The van der Waals surface area contributed by atoms with Crippen molar-refractivity contribution in [1.29, 1.82) is 0 Å². The third-order valence-corrected chi connectivity index (χ3v) is 4.81. The first-order chi connectivity index (χ1) is 13.9. The predicted molar refractivity (Wildman–Crippen MR) is 109 cm³/mol. The number of nitrogens with one attached hydrogen (secondary N) is 1. The van der Waals surface area contributed by atoms with Crippen LogP contribution in [0, 0.1) is 29.9 Å². The molecule has 3 rings (SSSR count). The Morgan fingerprint density at radius 1 is 1.31 bits per heavy atom. The van der Waals surface area contributed by atoms with E-state index in [1.54, 1.807) is 11.8 Å². The highest BCUT2D eigenvalue weighted by Crippen LogP contribution is 2.35. The summed E-state index contributed by atoms with van der Waals surface area (Å²) in [5.74, 6) is -0.259. The number of benzene rings is 1. The fourth-order valence-electron chi connectivity index (χ4n) is 3.67. The Morgan fingerprint density at radius 2 is 2.03 bits per heavy atom. The quantitative estimate of drug-likeness (QED) is 0.446.